The molecule has 42 heavy (non-hydrogen) atoms. The average molecular weight is 613 g/mol. The molecule has 0 amide bonds. The Morgan fingerprint density at radius 3 is 2.64 bits per heavy atom. The van der Waals surface area contributed by atoms with Crippen molar-refractivity contribution < 1.29 is 22.9 Å². The highest BCUT2D eigenvalue weighted by Gasteiger charge is 2.45. The van der Waals surface area contributed by atoms with Crippen molar-refractivity contribution in [2.75, 3.05) is 4.90 Å². The van der Waals surface area contributed by atoms with E-state index in [0.717, 1.165) is 23.5 Å². The van der Waals surface area contributed by atoms with E-state index < -0.39 is 28.0 Å². The van der Waals surface area contributed by atoms with Crippen LogP contribution in [0.5, 0.6) is 0 Å². The summed E-state index contributed by atoms with van der Waals surface area (Å²) >= 11 is 2.33. The molecule has 1 aliphatic carbocycles. The van der Waals surface area contributed by atoms with Crippen molar-refractivity contribution in [3.8, 4) is 6.07 Å². The van der Waals surface area contributed by atoms with Crippen LogP contribution in [0.4, 0.5) is 24.0 Å². The van der Waals surface area contributed by atoms with E-state index in [0.29, 0.717) is 38.3 Å². The highest BCUT2D eigenvalue weighted by molar-refractivity contribution is 8.00. The molecule has 2 aromatic carbocycles. The number of allylic oxidation sites excluding steroid dienone is 3. The summed E-state index contributed by atoms with van der Waals surface area (Å²) in [5, 5.41) is 30.4. The third kappa shape index (κ3) is 5.62. The first-order valence-corrected chi connectivity index (χ1v) is 14.4. The lowest BCUT2D eigenvalue weighted by molar-refractivity contribution is -0.384. The van der Waals surface area contributed by atoms with Gasteiger partial charge in [0.05, 0.1) is 28.0 Å². The van der Waals surface area contributed by atoms with Crippen molar-refractivity contribution in [1.82, 2.24) is 10.2 Å². The van der Waals surface area contributed by atoms with Crippen LogP contribution in [0.2, 0.25) is 0 Å². The van der Waals surface area contributed by atoms with E-state index in [1.165, 1.54) is 36.0 Å². The zero-order valence-electron chi connectivity index (χ0n) is 22.3. The number of alkyl halides is 3. The monoisotopic (exact) mass is 612 g/mol. The number of nitro benzene ring substituents is 1. The first-order chi connectivity index (χ1) is 19.8. The number of carbonyl (C=O) groups excluding carboxylic acids is 1. The topological polar surface area (TPSA) is 139 Å². The van der Waals surface area contributed by atoms with Gasteiger partial charge in [-0.25, -0.2) is 0 Å². The minimum absolute atomic E-state index is 0.0313. The number of benzene rings is 2. The second-order valence-corrected chi connectivity index (χ2v) is 12.8. The van der Waals surface area contributed by atoms with Gasteiger partial charge in [0.15, 0.2) is 10.1 Å². The summed E-state index contributed by atoms with van der Waals surface area (Å²) in [6.45, 7) is 3.87. The van der Waals surface area contributed by atoms with E-state index in [9.17, 15) is 33.3 Å². The van der Waals surface area contributed by atoms with Gasteiger partial charge >= 0.3 is 6.18 Å². The molecule has 1 aromatic heterocycles. The molecule has 2 heterocycles. The van der Waals surface area contributed by atoms with Gasteiger partial charge in [0.2, 0.25) is 5.13 Å². The molecule has 2 aliphatic rings. The maximum Gasteiger partial charge on any atom is 0.416 e. The van der Waals surface area contributed by atoms with Crippen LogP contribution in [0.25, 0.3) is 0 Å². The lowest BCUT2D eigenvalue weighted by atomic mass is 9.68. The Labute approximate surface area is 246 Å². The molecular weight excluding hydrogens is 589 g/mol. The molecule has 216 valence electrons. The summed E-state index contributed by atoms with van der Waals surface area (Å²) in [6.07, 6.45) is -3.84. The Bertz CT molecular complexity index is 1710. The zero-order valence-corrected chi connectivity index (χ0v) is 23.9. The molecule has 0 spiro atoms. The number of hydrogen-bond acceptors (Lipinski definition) is 10. The summed E-state index contributed by atoms with van der Waals surface area (Å²) in [6, 6.07) is 12.9. The minimum Gasteiger partial charge on any atom is -0.384 e. The predicted molar refractivity (Wildman–Crippen MR) is 151 cm³/mol. The molecule has 3 aromatic rings. The molecule has 0 saturated heterocycles. The lowest BCUT2D eigenvalue weighted by Crippen LogP contribution is -2.42. The standard InChI is InChI=1S/C28H23F3N6O3S2/c1-27(2)11-20-23(21(38)12-27)22(16-6-4-8-18(10-16)37(39)40)19(13-32)24(33)36(20)25-34-35-26(42-25)41-14-15-5-3-7-17(9-15)28(29,30)31/h3-10,22H,11-12,14,33H2,1-2H3/t22-/m0/s1. The Morgan fingerprint density at radius 1 is 1.21 bits per heavy atom. The van der Waals surface area contributed by atoms with Gasteiger partial charge in [0.25, 0.3) is 5.69 Å². The molecule has 2 N–H and O–H groups in total. The number of nitrogens with two attached hydrogens (primary N) is 1. The van der Waals surface area contributed by atoms with E-state index in [1.54, 1.807) is 17.0 Å². The molecule has 1 aliphatic heterocycles. The van der Waals surface area contributed by atoms with Crippen molar-refractivity contribution >= 4 is 39.7 Å². The van der Waals surface area contributed by atoms with E-state index in [2.05, 4.69) is 16.3 Å². The maximum absolute atomic E-state index is 13.6. The first kappa shape index (κ1) is 29.3. The van der Waals surface area contributed by atoms with Crippen molar-refractivity contribution in [3.05, 3.63) is 98.0 Å². The average Bonchev–Trinajstić information content (AvgIpc) is 3.38. The van der Waals surface area contributed by atoms with Crippen LogP contribution in [0.1, 0.15) is 49.3 Å². The smallest absolute Gasteiger partial charge is 0.384 e. The van der Waals surface area contributed by atoms with E-state index in [-0.39, 0.29) is 35.0 Å². The number of non-ortho nitro benzene ring substituents is 1. The number of carbonyl (C=O) groups is 1. The van der Waals surface area contributed by atoms with Gasteiger partial charge in [-0.1, -0.05) is 67.3 Å². The molecule has 1 atom stereocenters. The van der Waals surface area contributed by atoms with Crippen molar-refractivity contribution in [2.24, 2.45) is 11.1 Å². The maximum atomic E-state index is 13.6. The second kappa shape index (κ2) is 10.9. The Hall–Kier alpha value is -4.22. The number of anilines is 1. The molecule has 0 saturated carbocycles. The van der Waals surface area contributed by atoms with Gasteiger partial charge in [-0.3, -0.25) is 19.8 Å². The molecule has 5 rings (SSSR count). The number of nitrogens with zero attached hydrogens (tertiary/aromatic N) is 5. The van der Waals surface area contributed by atoms with Gasteiger partial charge in [-0.2, -0.15) is 18.4 Å². The number of rotatable bonds is 6. The van der Waals surface area contributed by atoms with Gasteiger partial charge in [0, 0.05) is 35.6 Å². The van der Waals surface area contributed by atoms with Crippen molar-refractivity contribution in [1.29, 1.82) is 5.26 Å². The molecule has 9 nitrogen and oxygen atoms in total. The lowest BCUT2D eigenvalue weighted by Gasteiger charge is -2.42. The largest absolute Gasteiger partial charge is 0.416 e. The van der Waals surface area contributed by atoms with E-state index in [4.69, 9.17) is 5.73 Å². The Balaban J connectivity index is 1.54. The number of thioether (sulfide) groups is 1. The first-order valence-electron chi connectivity index (χ1n) is 12.6. The third-order valence-electron chi connectivity index (χ3n) is 7.00. The van der Waals surface area contributed by atoms with E-state index >= 15 is 0 Å². The molecule has 0 radical (unpaired) electrons. The number of halogens is 3. The van der Waals surface area contributed by atoms with Crippen LogP contribution in [0.3, 0.4) is 0 Å². The highest BCUT2D eigenvalue weighted by Crippen LogP contribution is 2.51. The normalized spacial score (nSPS) is 18.6. The van der Waals surface area contributed by atoms with Crippen LogP contribution < -0.4 is 10.6 Å². The number of Topliss-reactive ketones (excluding diaryl/α,β-unsaturated/α-hetero) is 1. The predicted octanol–water partition coefficient (Wildman–Crippen LogP) is 6.70. The van der Waals surface area contributed by atoms with Crippen molar-refractivity contribution in [2.45, 2.75) is 48.9 Å². The summed E-state index contributed by atoms with van der Waals surface area (Å²) in [7, 11) is 0. The Kier molecular flexibility index (Phi) is 7.59. The van der Waals surface area contributed by atoms with Crippen LogP contribution in [0, 0.1) is 26.9 Å². The Morgan fingerprint density at radius 2 is 1.95 bits per heavy atom. The van der Waals surface area contributed by atoms with Gasteiger partial charge in [0.1, 0.15) is 5.82 Å². The van der Waals surface area contributed by atoms with E-state index in [1.807, 2.05) is 13.8 Å². The number of hydrogen-bond donors (Lipinski definition) is 1. The van der Waals surface area contributed by atoms with Crippen LogP contribution in [-0.2, 0) is 16.7 Å². The fraction of sp³-hybridized carbons (Fsp3) is 0.286. The van der Waals surface area contributed by atoms with Crippen LogP contribution >= 0.6 is 23.1 Å². The number of ketones is 1. The fourth-order valence-corrected chi connectivity index (χ4v) is 7.04. The van der Waals surface area contributed by atoms with Crippen LogP contribution in [0.15, 0.2) is 75.5 Å². The zero-order chi connectivity index (χ0) is 30.4. The number of aromatic nitrogens is 2. The second-order valence-electron chi connectivity index (χ2n) is 10.7. The number of nitriles is 1. The van der Waals surface area contributed by atoms with Crippen LogP contribution in [-0.4, -0.2) is 20.9 Å². The SMILES string of the molecule is CC1(C)CC(=O)C2=C(C1)N(c1nnc(SCc3cccc(C(F)(F)F)c3)s1)C(N)=C(C#N)[C@@H]2c1cccc([N+](=O)[O-])c1. The fourth-order valence-electron chi connectivity index (χ4n) is 5.21. The van der Waals surface area contributed by atoms with Gasteiger partial charge in [-0.15, -0.1) is 10.2 Å². The van der Waals surface area contributed by atoms with Gasteiger partial charge < -0.3 is 5.73 Å². The minimum atomic E-state index is -4.45. The number of nitro groups is 1. The van der Waals surface area contributed by atoms with Crippen molar-refractivity contribution in [3.63, 3.8) is 0 Å². The molecule has 0 fully saturated rings. The molecule has 14 heteroatoms. The summed E-state index contributed by atoms with van der Waals surface area (Å²) in [4.78, 5) is 26.1. The third-order valence-corrected chi connectivity index (χ3v) is 9.11. The molecular formula is C28H23F3N6O3S2. The van der Waals surface area contributed by atoms with Gasteiger partial charge in [-0.05, 0) is 29.0 Å². The summed E-state index contributed by atoms with van der Waals surface area (Å²) < 4.78 is 39.8. The summed E-state index contributed by atoms with van der Waals surface area (Å²) in [5.41, 5.74) is 7.01. The highest BCUT2D eigenvalue weighted by atomic mass is 32.2. The quantitative estimate of drug-likeness (QED) is 0.183. The molecule has 0 unspecified atom stereocenters. The summed E-state index contributed by atoms with van der Waals surface area (Å²) in [5.74, 6) is -0.857. The molecule has 0 bridgehead atoms.